The molecule has 0 saturated heterocycles. The minimum atomic E-state index is -0.165. The van der Waals surface area contributed by atoms with E-state index in [9.17, 15) is 4.39 Å². The second-order valence-corrected chi connectivity index (χ2v) is 5.35. The molecule has 1 unspecified atom stereocenters. The topological polar surface area (TPSA) is 29.3 Å². The summed E-state index contributed by atoms with van der Waals surface area (Å²) in [5.41, 5.74) is 9.12. The summed E-state index contributed by atoms with van der Waals surface area (Å²) in [5, 5.41) is 0. The number of nitrogens with two attached hydrogens (primary N) is 1. The number of nitrogens with zero attached hydrogens (tertiary/aromatic N) is 1. The van der Waals surface area contributed by atoms with Gasteiger partial charge in [0.2, 0.25) is 0 Å². The van der Waals surface area contributed by atoms with Crippen molar-refractivity contribution in [2.24, 2.45) is 5.73 Å². The van der Waals surface area contributed by atoms with E-state index in [4.69, 9.17) is 5.73 Å². The van der Waals surface area contributed by atoms with Crippen molar-refractivity contribution in [3.8, 4) is 0 Å². The Hall–Kier alpha value is -1.71. The summed E-state index contributed by atoms with van der Waals surface area (Å²) in [7, 11) is 1.98. The van der Waals surface area contributed by atoms with E-state index < -0.39 is 0 Å². The Balaban J connectivity index is 2.14. The highest BCUT2D eigenvalue weighted by Gasteiger charge is 2.16. The van der Waals surface area contributed by atoms with Crippen molar-refractivity contribution in [1.82, 2.24) is 4.90 Å². The number of rotatable bonds is 6. The van der Waals surface area contributed by atoms with E-state index in [0.29, 0.717) is 18.7 Å². The van der Waals surface area contributed by atoms with Crippen LogP contribution in [0.5, 0.6) is 0 Å². The number of likely N-dealkylation sites (N-methyl/N-ethyl adjacent to an activating group) is 1. The number of hydrogen-bond donors (Lipinski definition) is 1. The lowest BCUT2D eigenvalue weighted by atomic mass is 10.0. The molecule has 2 rings (SSSR count). The normalized spacial score (nSPS) is 12.6. The molecule has 0 radical (unpaired) electrons. The predicted octanol–water partition coefficient (Wildman–Crippen LogP) is 3.52. The summed E-state index contributed by atoms with van der Waals surface area (Å²) in [6.45, 7) is 3.19. The average molecular weight is 286 g/mol. The molecule has 2 aromatic carbocycles. The van der Waals surface area contributed by atoms with Crippen molar-refractivity contribution in [1.29, 1.82) is 0 Å². The van der Waals surface area contributed by atoms with Gasteiger partial charge < -0.3 is 5.73 Å². The van der Waals surface area contributed by atoms with E-state index >= 15 is 0 Å². The zero-order valence-electron chi connectivity index (χ0n) is 12.7. The number of aryl methyl sites for hydroxylation is 1. The van der Waals surface area contributed by atoms with Gasteiger partial charge in [-0.05, 0) is 30.7 Å². The zero-order valence-corrected chi connectivity index (χ0v) is 12.7. The SMILES string of the molecule is CCc1ccc(C(CN)N(C)Cc2ccccc2F)cc1. The molecule has 21 heavy (non-hydrogen) atoms. The van der Waals surface area contributed by atoms with Gasteiger partial charge in [0.05, 0.1) is 0 Å². The third kappa shape index (κ3) is 3.90. The van der Waals surface area contributed by atoms with Crippen molar-refractivity contribution < 1.29 is 4.39 Å². The minimum absolute atomic E-state index is 0.0931. The van der Waals surface area contributed by atoms with Crippen LogP contribution in [-0.2, 0) is 13.0 Å². The molecular formula is C18H23FN2. The van der Waals surface area contributed by atoms with Crippen LogP contribution < -0.4 is 5.73 Å². The molecular weight excluding hydrogens is 263 g/mol. The highest BCUT2D eigenvalue weighted by atomic mass is 19.1. The first-order valence-electron chi connectivity index (χ1n) is 7.38. The van der Waals surface area contributed by atoms with Gasteiger partial charge in [-0.25, -0.2) is 4.39 Å². The Morgan fingerprint density at radius 2 is 1.76 bits per heavy atom. The van der Waals surface area contributed by atoms with Gasteiger partial charge in [-0.2, -0.15) is 0 Å². The molecule has 0 saturated carbocycles. The number of hydrogen-bond acceptors (Lipinski definition) is 2. The molecule has 0 aliphatic rings. The van der Waals surface area contributed by atoms with Crippen molar-refractivity contribution in [2.45, 2.75) is 25.9 Å². The molecule has 0 aromatic heterocycles. The Morgan fingerprint density at radius 1 is 1.10 bits per heavy atom. The second-order valence-electron chi connectivity index (χ2n) is 5.35. The molecule has 2 nitrogen and oxygen atoms in total. The summed E-state index contributed by atoms with van der Waals surface area (Å²) in [6.07, 6.45) is 1.03. The van der Waals surface area contributed by atoms with Gasteiger partial charge in [0.25, 0.3) is 0 Å². The van der Waals surface area contributed by atoms with Gasteiger partial charge >= 0.3 is 0 Å². The first-order chi connectivity index (χ1) is 10.2. The van der Waals surface area contributed by atoms with Crippen molar-refractivity contribution >= 4 is 0 Å². The Kier molecular flexibility index (Phi) is 5.48. The second kappa shape index (κ2) is 7.34. The maximum atomic E-state index is 13.8. The van der Waals surface area contributed by atoms with Crippen LogP contribution in [0.25, 0.3) is 0 Å². The number of halogens is 1. The predicted molar refractivity (Wildman–Crippen MR) is 85.5 cm³/mol. The van der Waals surface area contributed by atoms with E-state index in [-0.39, 0.29) is 11.9 Å². The molecule has 1 atom stereocenters. The molecule has 0 heterocycles. The molecule has 0 aliphatic heterocycles. The summed E-state index contributed by atoms with van der Waals surface area (Å²) in [4.78, 5) is 2.10. The minimum Gasteiger partial charge on any atom is -0.329 e. The zero-order chi connectivity index (χ0) is 15.2. The van der Waals surface area contributed by atoms with Crippen molar-refractivity contribution in [3.05, 3.63) is 71.0 Å². The van der Waals surface area contributed by atoms with Crippen LogP contribution in [0.4, 0.5) is 4.39 Å². The highest BCUT2D eigenvalue weighted by molar-refractivity contribution is 5.26. The van der Waals surface area contributed by atoms with Gasteiger partial charge in [-0.3, -0.25) is 4.90 Å². The third-order valence-electron chi connectivity index (χ3n) is 3.91. The van der Waals surface area contributed by atoms with Crippen LogP contribution in [0.15, 0.2) is 48.5 Å². The fourth-order valence-electron chi connectivity index (χ4n) is 2.55. The summed E-state index contributed by atoms with van der Waals surface area (Å²) in [6, 6.07) is 15.5. The van der Waals surface area contributed by atoms with Crippen LogP contribution in [-0.4, -0.2) is 18.5 Å². The van der Waals surface area contributed by atoms with Crippen LogP contribution >= 0.6 is 0 Å². The van der Waals surface area contributed by atoms with Gasteiger partial charge in [0.1, 0.15) is 5.82 Å². The molecule has 0 amide bonds. The molecule has 0 bridgehead atoms. The smallest absolute Gasteiger partial charge is 0.127 e. The Labute approximate surface area is 126 Å². The van der Waals surface area contributed by atoms with E-state index in [0.717, 1.165) is 6.42 Å². The molecule has 2 N–H and O–H groups in total. The van der Waals surface area contributed by atoms with Gasteiger partial charge in [-0.1, -0.05) is 49.4 Å². The molecule has 112 valence electrons. The molecule has 3 heteroatoms. The third-order valence-corrected chi connectivity index (χ3v) is 3.91. The van der Waals surface area contributed by atoms with Gasteiger partial charge in [-0.15, -0.1) is 0 Å². The standard InChI is InChI=1S/C18H23FN2/c1-3-14-8-10-15(11-9-14)18(12-20)21(2)13-16-6-4-5-7-17(16)19/h4-11,18H,3,12-13,20H2,1-2H3. The molecule has 0 spiro atoms. The van der Waals surface area contributed by atoms with Crippen molar-refractivity contribution in [2.75, 3.05) is 13.6 Å². The monoisotopic (exact) mass is 286 g/mol. The first kappa shape index (κ1) is 15.7. The maximum absolute atomic E-state index is 13.8. The Bertz CT molecular complexity index is 566. The van der Waals surface area contributed by atoms with E-state index in [1.165, 1.54) is 17.2 Å². The highest BCUT2D eigenvalue weighted by Crippen LogP contribution is 2.21. The molecule has 0 fully saturated rings. The Morgan fingerprint density at radius 3 is 2.33 bits per heavy atom. The van der Waals surface area contributed by atoms with Gasteiger partial charge in [0.15, 0.2) is 0 Å². The van der Waals surface area contributed by atoms with Crippen molar-refractivity contribution in [3.63, 3.8) is 0 Å². The number of benzene rings is 2. The molecule has 0 aliphatic carbocycles. The summed E-state index contributed by atoms with van der Waals surface area (Å²) in [5.74, 6) is -0.165. The maximum Gasteiger partial charge on any atom is 0.127 e. The largest absolute Gasteiger partial charge is 0.329 e. The van der Waals surface area contributed by atoms with E-state index in [2.05, 4.69) is 36.1 Å². The van der Waals surface area contributed by atoms with Crippen LogP contribution in [0.1, 0.15) is 29.7 Å². The fourth-order valence-corrected chi connectivity index (χ4v) is 2.55. The van der Waals surface area contributed by atoms with Crippen LogP contribution in [0.2, 0.25) is 0 Å². The quantitative estimate of drug-likeness (QED) is 0.880. The summed E-state index contributed by atoms with van der Waals surface area (Å²) >= 11 is 0. The first-order valence-corrected chi connectivity index (χ1v) is 7.38. The fraction of sp³-hybridized carbons (Fsp3) is 0.333. The van der Waals surface area contributed by atoms with Gasteiger partial charge in [0, 0.05) is 24.7 Å². The van der Waals surface area contributed by atoms with Crippen LogP contribution in [0, 0.1) is 5.82 Å². The molecule has 2 aromatic rings. The van der Waals surface area contributed by atoms with Crippen LogP contribution in [0.3, 0.4) is 0 Å². The lowest BCUT2D eigenvalue weighted by Crippen LogP contribution is -2.30. The van der Waals surface area contributed by atoms with E-state index in [1.54, 1.807) is 6.07 Å². The lowest BCUT2D eigenvalue weighted by Gasteiger charge is -2.27. The summed E-state index contributed by atoms with van der Waals surface area (Å²) < 4.78 is 13.8. The lowest BCUT2D eigenvalue weighted by molar-refractivity contribution is 0.238. The van der Waals surface area contributed by atoms with E-state index in [1.807, 2.05) is 19.2 Å². The average Bonchev–Trinajstić information content (AvgIpc) is 2.51.